The van der Waals surface area contributed by atoms with Crippen LogP contribution in [-0.4, -0.2) is 28.8 Å². The fraction of sp³-hybridized carbons (Fsp3) is 0.308. The average molecular weight is 260 g/mol. The Labute approximate surface area is 110 Å². The van der Waals surface area contributed by atoms with E-state index in [2.05, 4.69) is 10.3 Å². The number of benzene rings is 1. The molecule has 0 bridgehead atoms. The maximum Gasteiger partial charge on any atom is 0.330 e. The van der Waals surface area contributed by atoms with Gasteiger partial charge in [-0.05, 0) is 24.6 Å². The molecular formula is C13H16N4O2. The molecule has 0 saturated carbocycles. The van der Waals surface area contributed by atoms with Gasteiger partial charge in [-0.2, -0.15) is 0 Å². The summed E-state index contributed by atoms with van der Waals surface area (Å²) in [7, 11) is 0. The van der Waals surface area contributed by atoms with Crippen LogP contribution in [0.1, 0.15) is 6.42 Å². The molecule has 19 heavy (non-hydrogen) atoms. The van der Waals surface area contributed by atoms with E-state index in [0.29, 0.717) is 5.69 Å². The molecule has 4 N–H and O–H groups in total. The number of H-pyrrole nitrogens is 1. The van der Waals surface area contributed by atoms with Crippen molar-refractivity contribution >= 4 is 11.4 Å². The van der Waals surface area contributed by atoms with Gasteiger partial charge in [0, 0.05) is 25.5 Å². The fourth-order valence-electron chi connectivity index (χ4n) is 2.05. The monoisotopic (exact) mass is 260 g/mol. The number of nitrogens with one attached hydrogen (secondary N) is 2. The Hall–Kier alpha value is -2.21. The minimum absolute atomic E-state index is 0.178. The smallest absolute Gasteiger partial charge is 0.330 e. The lowest BCUT2D eigenvalue weighted by molar-refractivity contribution is -0.0410. The third-order valence-electron chi connectivity index (χ3n) is 3.28. The van der Waals surface area contributed by atoms with E-state index >= 15 is 0 Å². The van der Waals surface area contributed by atoms with Crippen LogP contribution in [0, 0.1) is 0 Å². The Morgan fingerprint density at radius 2 is 2.37 bits per heavy atom. The van der Waals surface area contributed by atoms with Gasteiger partial charge < -0.3 is 20.8 Å². The number of aromatic nitrogens is 2. The number of rotatable bonds is 4. The SMILES string of the molecule is Nc1cc(-n2cc[nH]c2=O)ccc1NC[C@@H]1CCO1. The second-order valence-electron chi connectivity index (χ2n) is 4.57. The van der Waals surface area contributed by atoms with E-state index in [9.17, 15) is 4.79 Å². The van der Waals surface area contributed by atoms with Crippen molar-refractivity contribution in [3.05, 3.63) is 41.1 Å². The zero-order valence-electron chi connectivity index (χ0n) is 10.4. The summed E-state index contributed by atoms with van der Waals surface area (Å²) >= 11 is 0. The van der Waals surface area contributed by atoms with E-state index in [1.54, 1.807) is 18.5 Å². The van der Waals surface area contributed by atoms with Crippen molar-refractivity contribution in [3.8, 4) is 5.69 Å². The molecule has 1 aliphatic rings. The molecule has 1 aromatic heterocycles. The lowest BCUT2D eigenvalue weighted by Gasteiger charge is -2.27. The molecule has 2 heterocycles. The van der Waals surface area contributed by atoms with Crippen molar-refractivity contribution < 1.29 is 4.74 Å². The first-order chi connectivity index (χ1) is 9.24. The van der Waals surface area contributed by atoms with E-state index < -0.39 is 0 Å². The molecule has 2 aromatic rings. The van der Waals surface area contributed by atoms with Crippen molar-refractivity contribution in [2.45, 2.75) is 12.5 Å². The van der Waals surface area contributed by atoms with Crippen LogP contribution in [0.3, 0.4) is 0 Å². The number of nitrogen functional groups attached to an aromatic ring is 1. The number of hydrogen-bond acceptors (Lipinski definition) is 4. The molecule has 1 aromatic carbocycles. The van der Waals surface area contributed by atoms with Gasteiger partial charge >= 0.3 is 5.69 Å². The minimum Gasteiger partial charge on any atom is -0.397 e. The highest BCUT2D eigenvalue weighted by Crippen LogP contribution is 2.22. The van der Waals surface area contributed by atoms with Crippen LogP contribution in [0.25, 0.3) is 5.69 Å². The van der Waals surface area contributed by atoms with E-state index in [0.717, 1.165) is 30.9 Å². The van der Waals surface area contributed by atoms with Gasteiger partial charge in [-0.25, -0.2) is 4.79 Å². The van der Waals surface area contributed by atoms with Crippen LogP contribution in [0.4, 0.5) is 11.4 Å². The first-order valence-corrected chi connectivity index (χ1v) is 6.25. The molecule has 6 nitrogen and oxygen atoms in total. The summed E-state index contributed by atoms with van der Waals surface area (Å²) in [6.07, 6.45) is 4.64. The summed E-state index contributed by atoms with van der Waals surface area (Å²) in [4.78, 5) is 14.1. The molecule has 0 spiro atoms. The Bertz CT molecular complexity index is 628. The largest absolute Gasteiger partial charge is 0.397 e. The topological polar surface area (TPSA) is 85.1 Å². The average Bonchev–Trinajstić information content (AvgIpc) is 2.75. The predicted molar refractivity (Wildman–Crippen MR) is 73.6 cm³/mol. The molecule has 0 aliphatic carbocycles. The van der Waals surface area contributed by atoms with Gasteiger partial charge in [0.1, 0.15) is 0 Å². The summed E-state index contributed by atoms with van der Waals surface area (Å²) in [6, 6.07) is 5.51. The lowest BCUT2D eigenvalue weighted by atomic mass is 10.2. The number of imidazole rings is 1. The van der Waals surface area contributed by atoms with Gasteiger partial charge in [0.15, 0.2) is 0 Å². The third kappa shape index (κ3) is 2.34. The molecule has 1 atom stereocenters. The quantitative estimate of drug-likeness (QED) is 0.714. The summed E-state index contributed by atoms with van der Waals surface area (Å²) < 4.78 is 6.85. The Morgan fingerprint density at radius 1 is 1.53 bits per heavy atom. The van der Waals surface area contributed by atoms with Crippen LogP contribution in [-0.2, 0) is 4.74 Å². The lowest BCUT2D eigenvalue weighted by Crippen LogP contribution is -2.33. The molecule has 0 unspecified atom stereocenters. The van der Waals surface area contributed by atoms with Crippen molar-refractivity contribution in [2.75, 3.05) is 24.2 Å². The van der Waals surface area contributed by atoms with Crippen molar-refractivity contribution in [1.29, 1.82) is 0 Å². The minimum atomic E-state index is -0.178. The van der Waals surface area contributed by atoms with Crippen LogP contribution in [0.5, 0.6) is 0 Å². The zero-order valence-corrected chi connectivity index (χ0v) is 10.4. The summed E-state index contributed by atoms with van der Waals surface area (Å²) in [5.41, 5.74) is 8.04. The van der Waals surface area contributed by atoms with Gasteiger partial charge in [-0.1, -0.05) is 0 Å². The molecule has 1 fully saturated rings. The van der Waals surface area contributed by atoms with Gasteiger partial charge in [-0.3, -0.25) is 4.57 Å². The molecule has 3 rings (SSSR count). The van der Waals surface area contributed by atoms with Crippen LogP contribution in [0.15, 0.2) is 35.4 Å². The molecule has 6 heteroatoms. The Kier molecular flexibility index (Phi) is 3.00. The number of nitrogens with two attached hydrogens (primary N) is 1. The zero-order chi connectivity index (χ0) is 13.2. The number of anilines is 2. The van der Waals surface area contributed by atoms with Gasteiger partial charge in [0.05, 0.1) is 23.2 Å². The van der Waals surface area contributed by atoms with Crippen molar-refractivity contribution in [3.63, 3.8) is 0 Å². The van der Waals surface area contributed by atoms with Crippen molar-refractivity contribution in [1.82, 2.24) is 9.55 Å². The second-order valence-corrected chi connectivity index (χ2v) is 4.57. The first-order valence-electron chi connectivity index (χ1n) is 6.25. The summed E-state index contributed by atoms with van der Waals surface area (Å²) in [5.74, 6) is 0. The highest BCUT2D eigenvalue weighted by Gasteiger charge is 2.17. The van der Waals surface area contributed by atoms with E-state index in [-0.39, 0.29) is 11.8 Å². The maximum absolute atomic E-state index is 11.5. The van der Waals surface area contributed by atoms with Gasteiger partial charge in [0.25, 0.3) is 0 Å². The fourth-order valence-corrected chi connectivity index (χ4v) is 2.05. The first kappa shape index (κ1) is 11.9. The normalized spacial score (nSPS) is 18.0. The third-order valence-corrected chi connectivity index (χ3v) is 3.28. The highest BCUT2D eigenvalue weighted by molar-refractivity contribution is 5.69. The summed E-state index contributed by atoms with van der Waals surface area (Å²) in [6.45, 7) is 1.60. The molecule has 1 saturated heterocycles. The second kappa shape index (κ2) is 4.81. The van der Waals surface area contributed by atoms with Gasteiger partial charge in [0.2, 0.25) is 0 Å². The number of aromatic amines is 1. The van der Waals surface area contributed by atoms with Gasteiger partial charge in [-0.15, -0.1) is 0 Å². The van der Waals surface area contributed by atoms with E-state index in [1.807, 2.05) is 12.1 Å². The Morgan fingerprint density at radius 3 is 2.95 bits per heavy atom. The molecular weight excluding hydrogens is 244 g/mol. The molecule has 100 valence electrons. The van der Waals surface area contributed by atoms with E-state index in [1.165, 1.54) is 4.57 Å². The van der Waals surface area contributed by atoms with Crippen LogP contribution >= 0.6 is 0 Å². The van der Waals surface area contributed by atoms with Crippen molar-refractivity contribution in [2.24, 2.45) is 0 Å². The number of hydrogen-bond donors (Lipinski definition) is 3. The van der Waals surface area contributed by atoms with Crippen LogP contribution in [0.2, 0.25) is 0 Å². The molecule has 0 radical (unpaired) electrons. The number of ether oxygens (including phenoxy) is 1. The predicted octanol–water partition coefficient (Wildman–Crippen LogP) is 0.949. The van der Waals surface area contributed by atoms with E-state index in [4.69, 9.17) is 10.5 Å². The molecule has 0 amide bonds. The highest BCUT2D eigenvalue weighted by atomic mass is 16.5. The summed E-state index contributed by atoms with van der Waals surface area (Å²) in [5, 5.41) is 3.26. The van der Waals surface area contributed by atoms with Crippen LogP contribution < -0.4 is 16.7 Å². The Balaban J connectivity index is 1.77. The number of nitrogens with zero attached hydrogens (tertiary/aromatic N) is 1. The molecule has 1 aliphatic heterocycles. The standard InChI is InChI=1S/C13H16N4O2/c14-11-7-9(17-5-4-15-13(17)18)1-2-12(11)16-8-10-3-6-19-10/h1-2,4-5,7,10,16H,3,6,8,14H2,(H,15,18)/t10-/m0/s1. The maximum atomic E-state index is 11.5.